The molecule has 2 aromatic carbocycles. The number of hydrogen-bond donors (Lipinski definition) is 1. The number of carbonyl (C=O) groups excluding carboxylic acids is 2. The molecule has 3 aromatic rings. The third kappa shape index (κ3) is 5.41. The SMILES string of the molecule is CCOC(=O)c1ccn(-c2cccc(NC(=O)COc3ccc(Br)cc3F)c2)n1. The van der Waals surface area contributed by atoms with Crippen molar-refractivity contribution in [3.05, 3.63) is 70.7 Å². The number of hydrogen-bond acceptors (Lipinski definition) is 5. The Bertz CT molecular complexity index is 1040. The number of nitrogens with zero attached hydrogens (tertiary/aromatic N) is 2. The first kappa shape index (κ1) is 20.5. The van der Waals surface area contributed by atoms with Gasteiger partial charge in [0.25, 0.3) is 5.91 Å². The number of aromatic nitrogens is 2. The van der Waals surface area contributed by atoms with Crippen LogP contribution in [0.1, 0.15) is 17.4 Å². The molecule has 9 heteroatoms. The molecule has 0 radical (unpaired) electrons. The minimum Gasteiger partial charge on any atom is -0.481 e. The van der Waals surface area contributed by atoms with Crippen molar-refractivity contribution in [2.24, 2.45) is 0 Å². The number of esters is 1. The second-order valence-electron chi connectivity index (χ2n) is 5.83. The predicted octanol–water partition coefficient (Wildman–Crippen LogP) is 3.97. The smallest absolute Gasteiger partial charge is 0.358 e. The van der Waals surface area contributed by atoms with Gasteiger partial charge in [-0.25, -0.2) is 13.9 Å². The van der Waals surface area contributed by atoms with Gasteiger partial charge in [0.2, 0.25) is 0 Å². The summed E-state index contributed by atoms with van der Waals surface area (Å²) in [6.07, 6.45) is 1.62. The van der Waals surface area contributed by atoms with Crippen LogP contribution in [0.3, 0.4) is 0 Å². The van der Waals surface area contributed by atoms with Gasteiger partial charge in [-0.3, -0.25) is 4.79 Å². The van der Waals surface area contributed by atoms with Crippen molar-refractivity contribution in [1.29, 1.82) is 0 Å². The number of nitrogens with one attached hydrogen (secondary N) is 1. The topological polar surface area (TPSA) is 82.5 Å². The van der Waals surface area contributed by atoms with E-state index < -0.39 is 17.7 Å². The average Bonchev–Trinajstić information content (AvgIpc) is 3.18. The van der Waals surface area contributed by atoms with Crippen LogP contribution in [0.5, 0.6) is 5.75 Å². The Kier molecular flexibility index (Phi) is 6.61. The molecule has 1 heterocycles. The molecule has 0 spiro atoms. The fraction of sp³-hybridized carbons (Fsp3) is 0.150. The van der Waals surface area contributed by atoms with Crippen LogP contribution < -0.4 is 10.1 Å². The molecule has 29 heavy (non-hydrogen) atoms. The van der Waals surface area contributed by atoms with E-state index in [1.807, 2.05) is 0 Å². The molecule has 0 aliphatic rings. The lowest BCUT2D eigenvalue weighted by Crippen LogP contribution is -2.20. The molecule has 0 saturated carbocycles. The quantitative estimate of drug-likeness (QED) is 0.538. The van der Waals surface area contributed by atoms with E-state index in [4.69, 9.17) is 9.47 Å². The molecular weight excluding hydrogens is 445 g/mol. The number of rotatable bonds is 7. The summed E-state index contributed by atoms with van der Waals surface area (Å²) < 4.78 is 26.0. The van der Waals surface area contributed by atoms with Gasteiger partial charge < -0.3 is 14.8 Å². The van der Waals surface area contributed by atoms with E-state index in [9.17, 15) is 14.0 Å². The number of benzene rings is 2. The van der Waals surface area contributed by atoms with Crippen LogP contribution in [-0.2, 0) is 9.53 Å². The van der Waals surface area contributed by atoms with Crippen molar-refractivity contribution in [3.63, 3.8) is 0 Å². The summed E-state index contributed by atoms with van der Waals surface area (Å²) in [5.74, 6) is -1.53. The zero-order valence-corrected chi connectivity index (χ0v) is 17.0. The van der Waals surface area contributed by atoms with Crippen molar-refractivity contribution >= 4 is 33.5 Å². The molecule has 1 aromatic heterocycles. The Balaban J connectivity index is 1.63. The van der Waals surface area contributed by atoms with Gasteiger partial charge in [-0.15, -0.1) is 0 Å². The first-order valence-corrected chi connectivity index (χ1v) is 9.46. The van der Waals surface area contributed by atoms with Crippen LogP contribution in [0.15, 0.2) is 59.2 Å². The van der Waals surface area contributed by atoms with Crippen LogP contribution in [-0.4, -0.2) is 34.9 Å². The van der Waals surface area contributed by atoms with Crippen molar-refractivity contribution in [2.75, 3.05) is 18.5 Å². The molecule has 7 nitrogen and oxygen atoms in total. The molecule has 0 aliphatic carbocycles. The second-order valence-corrected chi connectivity index (χ2v) is 6.74. The Labute approximate surface area is 174 Å². The maximum atomic E-state index is 13.7. The molecule has 0 unspecified atom stereocenters. The van der Waals surface area contributed by atoms with E-state index in [0.717, 1.165) is 0 Å². The van der Waals surface area contributed by atoms with Gasteiger partial charge >= 0.3 is 5.97 Å². The first-order valence-electron chi connectivity index (χ1n) is 8.67. The fourth-order valence-corrected chi connectivity index (χ4v) is 2.77. The van der Waals surface area contributed by atoms with Crippen molar-refractivity contribution < 1.29 is 23.5 Å². The zero-order valence-electron chi connectivity index (χ0n) is 15.4. The normalized spacial score (nSPS) is 10.4. The largest absolute Gasteiger partial charge is 0.481 e. The van der Waals surface area contributed by atoms with Crippen molar-refractivity contribution in [1.82, 2.24) is 9.78 Å². The van der Waals surface area contributed by atoms with E-state index in [1.165, 1.54) is 16.8 Å². The van der Waals surface area contributed by atoms with Gasteiger partial charge in [-0.05, 0) is 49.4 Å². The lowest BCUT2D eigenvalue weighted by Gasteiger charge is -2.09. The molecule has 150 valence electrons. The number of amides is 1. The summed E-state index contributed by atoms with van der Waals surface area (Å²) >= 11 is 3.16. The maximum Gasteiger partial charge on any atom is 0.358 e. The van der Waals surface area contributed by atoms with E-state index in [1.54, 1.807) is 49.5 Å². The highest BCUT2D eigenvalue weighted by Crippen LogP contribution is 2.21. The van der Waals surface area contributed by atoms with E-state index in [-0.39, 0.29) is 24.7 Å². The summed E-state index contributed by atoms with van der Waals surface area (Å²) in [6, 6.07) is 12.7. The minimum absolute atomic E-state index is 0.0138. The van der Waals surface area contributed by atoms with E-state index in [2.05, 4.69) is 26.3 Å². The highest BCUT2D eigenvalue weighted by molar-refractivity contribution is 9.10. The van der Waals surface area contributed by atoms with Gasteiger partial charge in [0.1, 0.15) is 0 Å². The van der Waals surface area contributed by atoms with Gasteiger partial charge in [0, 0.05) is 16.4 Å². The van der Waals surface area contributed by atoms with Gasteiger partial charge in [0.05, 0.1) is 12.3 Å². The van der Waals surface area contributed by atoms with Crippen LogP contribution in [0.25, 0.3) is 5.69 Å². The summed E-state index contributed by atoms with van der Waals surface area (Å²) in [5, 5.41) is 6.85. The lowest BCUT2D eigenvalue weighted by molar-refractivity contribution is -0.118. The van der Waals surface area contributed by atoms with Crippen LogP contribution in [0.2, 0.25) is 0 Å². The predicted molar refractivity (Wildman–Crippen MR) is 108 cm³/mol. The van der Waals surface area contributed by atoms with Crippen LogP contribution in [0.4, 0.5) is 10.1 Å². The molecule has 0 bridgehead atoms. The molecular formula is C20H17BrFN3O4. The highest BCUT2D eigenvalue weighted by Gasteiger charge is 2.12. The molecule has 0 atom stereocenters. The first-order chi connectivity index (χ1) is 14.0. The van der Waals surface area contributed by atoms with Crippen molar-refractivity contribution in [3.8, 4) is 11.4 Å². The Morgan fingerprint density at radius 2 is 2.03 bits per heavy atom. The summed E-state index contributed by atoms with van der Waals surface area (Å²) in [6.45, 7) is 1.63. The van der Waals surface area contributed by atoms with Crippen LogP contribution >= 0.6 is 15.9 Å². The lowest BCUT2D eigenvalue weighted by atomic mass is 10.2. The molecule has 0 aliphatic heterocycles. The summed E-state index contributed by atoms with van der Waals surface area (Å²) in [5.41, 5.74) is 1.32. The Hall–Kier alpha value is -3.20. The van der Waals surface area contributed by atoms with E-state index >= 15 is 0 Å². The molecule has 0 fully saturated rings. The number of halogens is 2. The Morgan fingerprint density at radius 1 is 1.21 bits per heavy atom. The molecule has 1 amide bonds. The second kappa shape index (κ2) is 9.33. The van der Waals surface area contributed by atoms with Gasteiger partial charge in [-0.2, -0.15) is 5.10 Å². The number of ether oxygens (including phenoxy) is 2. The third-order valence-corrected chi connectivity index (χ3v) is 4.21. The molecule has 1 N–H and O–H groups in total. The third-order valence-electron chi connectivity index (χ3n) is 3.72. The van der Waals surface area contributed by atoms with Gasteiger partial charge in [0.15, 0.2) is 23.9 Å². The van der Waals surface area contributed by atoms with Crippen molar-refractivity contribution in [2.45, 2.75) is 6.92 Å². The monoisotopic (exact) mass is 461 g/mol. The highest BCUT2D eigenvalue weighted by atomic mass is 79.9. The Morgan fingerprint density at radius 3 is 2.79 bits per heavy atom. The number of anilines is 1. The summed E-state index contributed by atoms with van der Waals surface area (Å²) in [7, 11) is 0. The minimum atomic E-state index is -0.565. The number of carbonyl (C=O) groups is 2. The van der Waals surface area contributed by atoms with E-state index in [0.29, 0.717) is 15.8 Å². The van der Waals surface area contributed by atoms with Crippen LogP contribution in [0, 0.1) is 5.82 Å². The standard InChI is InChI=1S/C20H17BrFN3O4/c1-2-28-20(27)17-8-9-25(24-17)15-5-3-4-14(11-15)23-19(26)12-29-18-7-6-13(21)10-16(18)22/h3-11H,2,12H2,1H3,(H,23,26). The summed E-state index contributed by atoms with van der Waals surface area (Å²) in [4.78, 5) is 23.9. The molecule has 3 rings (SSSR count). The van der Waals surface area contributed by atoms with Gasteiger partial charge in [-0.1, -0.05) is 22.0 Å². The maximum absolute atomic E-state index is 13.7. The average molecular weight is 462 g/mol. The fourth-order valence-electron chi connectivity index (χ4n) is 2.44. The zero-order chi connectivity index (χ0) is 20.8. The molecule has 0 saturated heterocycles.